The van der Waals surface area contributed by atoms with E-state index in [1.54, 1.807) is 24.3 Å². The van der Waals surface area contributed by atoms with Gasteiger partial charge in [-0.2, -0.15) is 0 Å². The van der Waals surface area contributed by atoms with Crippen molar-refractivity contribution in [2.24, 2.45) is 0 Å². The highest BCUT2D eigenvalue weighted by atomic mass is 19.1. The molecule has 4 nitrogen and oxygen atoms in total. The third kappa shape index (κ3) is 3.26. The first kappa shape index (κ1) is 18.8. The molecule has 0 saturated carbocycles. The average Bonchev–Trinajstić information content (AvgIpc) is 3.04. The molecule has 0 atom stereocenters. The molecule has 31 heavy (non-hydrogen) atoms. The van der Waals surface area contributed by atoms with Gasteiger partial charge in [0.05, 0.1) is 11.3 Å². The van der Waals surface area contributed by atoms with Crippen LogP contribution in [0.5, 0.6) is 0 Å². The molecular formula is C26H17FN2O2. The molecule has 2 amide bonds. The fourth-order valence-corrected chi connectivity index (χ4v) is 3.81. The van der Waals surface area contributed by atoms with Gasteiger partial charge in [0.1, 0.15) is 11.5 Å². The Morgan fingerprint density at radius 1 is 0.677 bits per heavy atom. The van der Waals surface area contributed by atoms with Gasteiger partial charge >= 0.3 is 0 Å². The van der Waals surface area contributed by atoms with Crippen LogP contribution in [0.3, 0.4) is 0 Å². The minimum atomic E-state index is -0.455. The lowest BCUT2D eigenvalue weighted by Crippen LogP contribution is -2.32. The van der Waals surface area contributed by atoms with E-state index in [1.165, 1.54) is 24.3 Å². The van der Waals surface area contributed by atoms with Crippen molar-refractivity contribution in [1.82, 2.24) is 0 Å². The Morgan fingerprint density at radius 2 is 1.35 bits per heavy atom. The molecule has 0 aliphatic carbocycles. The van der Waals surface area contributed by atoms with E-state index in [9.17, 15) is 14.0 Å². The normalized spacial score (nSPS) is 13.9. The minimum absolute atomic E-state index is 0.164. The Balaban J connectivity index is 1.66. The number of nitrogens with zero attached hydrogens (tertiary/aromatic N) is 1. The van der Waals surface area contributed by atoms with Crippen LogP contribution in [0.25, 0.3) is 16.3 Å². The molecule has 0 spiro atoms. The molecule has 0 saturated heterocycles. The molecule has 1 heterocycles. The number of halogens is 1. The fourth-order valence-electron chi connectivity index (χ4n) is 3.81. The molecule has 1 aliphatic rings. The summed E-state index contributed by atoms with van der Waals surface area (Å²) in [7, 11) is 0. The fraction of sp³-hybridized carbons (Fsp3) is 0. The Bertz CT molecular complexity index is 1340. The zero-order chi connectivity index (χ0) is 21.4. The molecule has 5 rings (SSSR count). The van der Waals surface area contributed by atoms with Crippen LogP contribution >= 0.6 is 0 Å². The second-order valence-electron chi connectivity index (χ2n) is 7.19. The summed E-state index contributed by atoms with van der Waals surface area (Å²) in [6.45, 7) is 0. The summed E-state index contributed by atoms with van der Waals surface area (Å²) >= 11 is 0. The number of carbonyl (C=O) groups is 2. The van der Waals surface area contributed by atoms with Gasteiger partial charge in [-0.05, 0) is 41.3 Å². The van der Waals surface area contributed by atoms with E-state index in [4.69, 9.17) is 0 Å². The maximum absolute atomic E-state index is 13.5. The Labute approximate surface area is 178 Å². The van der Waals surface area contributed by atoms with E-state index in [-0.39, 0.29) is 11.3 Å². The van der Waals surface area contributed by atoms with Crippen LogP contribution < -0.4 is 10.2 Å². The predicted octanol–water partition coefficient (Wildman–Crippen LogP) is 5.38. The van der Waals surface area contributed by atoms with Gasteiger partial charge in [0.25, 0.3) is 11.8 Å². The van der Waals surface area contributed by atoms with E-state index < -0.39 is 17.6 Å². The van der Waals surface area contributed by atoms with E-state index >= 15 is 0 Å². The third-order valence-corrected chi connectivity index (χ3v) is 5.28. The van der Waals surface area contributed by atoms with Crippen LogP contribution in [-0.2, 0) is 9.59 Å². The lowest BCUT2D eigenvalue weighted by Gasteiger charge is -2.15. The molecule has 1 aliphatic heterocycles. The van der Waals surface area contributed by atoms with Crippen molar-refractivity contribution in [1.29, 1.82) is 0 Å². The molecule has 0 radical (unpaired) electrons. The molecule has 5 heteroatoms. The van der Waals surface area contributed by atoms with Crippen LogP contribution in [0.4, 0.5) is 15.8 Å². The molecule has 4 aromatic carbocycles. The van der Waals surface area contributed by atoms with Crippen LogP contribution in [0.2, 0.25) is 0 Å². The number of fused-ring (bicyclic) bond motifs is 1. The molecule has 0 aromatic heterocycles. The number of hydrogen-bond acceptors (Lipinski definition) is 3. The van der Waals surface area contributed by atoms with Gasteiger partial charge in [-0.1, -0.05) is 66.7 Å². The maximum Gasteiger partial charge on any atom is 0.282 e. The Morgan fingerprint density at radius 3 is 2.13 bits per heavy atom. The van der Waals surface area contributed by atoms with Crippen molar-refractivity contribution in [3.05, 3.63) is 114 Å². The zero-order valence-electron chi connectivity index (χ0n) is 16.4. The number of imide groups is 1. The first-order valence-electron chi connectivity index (χ1n) is 9.82. The van der Waals surface area contributed by atoms with Gasteiger partial charge < -0.3 is 5.32 Å². The first-order valence-corrected chi connectivity index (χ1v) is 9.82. The molecule has 150 valence electrons. The maximum atomic E-state index is 13.5. The largest absolute Gasteiger partial charge is 0.350 e. The SMILES string of the molecule is O=C1C(Nc2cccc3ccccc23)=C(c2ccc(F)cc2)C(=O)N1c1ccccc1. The van der Waals surface area contributed by atoms with Crippen LogP contribution in [0, 0.1) is 5.82 Å². The number of carbonyl (C=O) groups excluding carboxylic acids is 2. The van der Waals surface area contributed by atoms with Crippen molar-refractivity contribution < 1.29 is 14.0 Å². The molecule has 0 unspecified atom stereocenters. The number of hydrogen-bond donors (Lipinski definition) is 1. The standard InChI is InChI=1S/C26H17FN2O2/c27-19-15-13-18(14-16-19)23-24(26(31)29(25(23)30)20-9-2-1-3-10-20)28-22-12-6-8-17-7-4-5-11-21(17)22/h1-16,28H. The smallest absolute Gasteiger partial charge is 0.282 e. The second-order valence-corrected chi connectivity index (χ2v) is 7.19. The van der Waals surface area contributed by atoms with Crippen molar-refractivity contribution >= 4 is 39.5 Å². The zero-order valence-corrected chi connectivity index (χ0v) is 16.4. The average molecular weight is 408 g/mol. The number of anilines is 2. The van der Waals surface area contributed by atoms with E-state index in [1.807, 2.05) is 48.5 Å². The second kappa shape index (κ2) is 7.54. The summed E-state index contributed by atoms with van der Waals surface area (Å²) in [5, 5.41) is 5.13. The summed E-state index contributed by atoms with van der Waals surface area (Å²) < 4.78 is 13.5. The van der Waals surface area contributed by atoms with E-state index in [0.29, 0.717) is 16.9 Å². The summed E-state index contributed by atoms with van der Waals surface area (Å²) in [6, 6.07) is 27.9. The minimum Gasteiger partial charge on any atom is -0.350 e. The van der Waals surface area contributed by atoms with Gasteiger partial charge in [0, 0.05) is 11.1 Å². The van der Waals surface area contributed by atoms with Crippen LogP contribution in [-0.4, -0.2) is 11.8 Å². The molecule has 4 aromatic rings. The molecular weight excluding hydrogens is 391 g/mol. The predicted molar refractivity (Wildman–Crippen MR) is 120 cm³/mol. The number of amides is 2. The van der Waals surface area contributed by atoms with Crippen LogP contribution in [0.15, 0.2) is 103 Å². The molecule has 0 bridgehead atoms. The number of rotatable bonds is 4. The number of benzene rings is 4. The highest BCUT2D eigenvalue weighted by Gasteiger charge is 2.40. The Hall–Kier alpha value is -4.25. The topological polar surface area (TPSA) is 49.4 Å². The van der Waals surface area contributed by atoms with Crippen molar-refractivity contribution in [2.45, 2.75) is 0 Å². The van der Waals surface area contributed by atoms with Crippen molar-refractivity contribution in [3.8, 4) is 0 Å². The lowest BCUT2D eigenvalue weighted by molar-refractivity contribution is -0.120. The van der Waals surface area contributed by atoms with Crippen molar-refractivity contribution in [2.75, 3.05) is 10.2 Å². The van der Waals surface area contributed by atoms with Gasteiger partial charge in [-0.3, -0.25) is 9.59 Å². The van der Waals surface area contributed by atoms with E-state index in [0.717, 1.165) is 15.7 Å². The number of para-hydroxylation sites is 1. The quantitative estimate of drug-likeness (QED) is 0.462. The first-order chi connectivity index (χ1) is 15.1. The summed E-state index contributed by atoms with van der Waals surface area (Å²) in [5.74, 6) is -1.32. The van der Waals surface area contributed by atoms with Gasteiger partial charge in [0.15, 0.2) is 0 Å². The summed E-state index contributed by atoms with van der Waals surface area (Å²) in [6.07, 6.45) is 0. The van der Waals surface area contributed by atoms with E-state index in [2.05, 4.69) is 5.32 Å². The summed E-state index contributed by atoms with van der Waals surface area (Å²) in [5.41, 5.74) is 2.04. The van der Waals surface area contributed by atoms with Crippen molar-refractivity contribution in [3.63, 3.8) is 0 Å². The Kier molecular flexibility index (Phi) is 4.56. The molecule has 0 fully saturated rings. The summed E-state index contributed by atoms with van der Waals surface area (Å²) in [4.78, 5) is 27.9. The lowest BCUT2D eigenvalue weighted by atomic mass is 10.0. The highest BCUT2D eigenvalue weighted by molar-refractivity contribution is 6.46. The van der Waals surface area contributed by atoms with Crippen LogP contribution in [0.1, 0.15) is 5.56 Å². The van der Waals surface area contributed by atoms with Gasteiger partial charge in [-0.25, -0.2) is 9.29 Å². The monoisotopic (exact) mass is 408 g/mol. The third-order valence-electron chi connectivity index (χ3n) is 5.28. The van der Waals surface area contributed by atoms with Gasteiger partial charge in [0.2, 0.25) is 0 Å². The van der Waals surface area contributed by atoms with Gasteiger partial charge in [-0.15, -0.1) is 0 Å². The number of nitrogens with one attached hydrogen (secondary N) is 1. The highest BCUT2D eigenvalue weighted by Crippen LogP contribution is 2.35. The molecule has 1 N–H and O–H groups in total.